The SMILES string of the molecule is Cc1ccc(C)c(Oc2cc[c]n2C)c1. The van der Waals surface area contributed by atoms with Crippen LogP contribution in [0.2, 0.25) is 0 Å². The molecule has 1 heterocycles. The molecule has 0 aliphatic carbocycles. The molecule has 2 heteroatoms. The Labute approximate surface area is 90.1 Å². The Balaban J connectivity index is 2.32. The van der Waals surface area contributed by atoms with E-state index >= 15 is 0 Å². The molecule has 1 aromatic heterocycles. The van der Waals surface area contributed by atoms with Crippen LogP contribution in [0.4, 0.5) is 0 Å². The second kappa shape index (κ2) is 3.81. The Morgan fingerprint density at radius 1 is 1.20 bits per heavy atom. The molecular formula is C13H14NO. The highest BCUT2D eigenvalue weighted by Gasteiger charge is 2.03. The van der Waals surface area contributed by atoms with Gasteiger partial charge in [-0.25, -0.2) is 0 Å². The predicted octanol–water partition coefficient (Wildman–Crippen LogP) is 3.23. The van der Waals surface area contributed by atoms with Crippen LogP contribution in [0.3, 0.4) is 0 Å². The predicted molar refractivity (Wildman–Crippen MR) is 60.2 cm³/mol. The van der Waals surface area contributed by atoms with Crippen molar-refractivity contribution in [3.8, 4) is 11.6 Å². The van der Waals surface area contributed by atoms with Crippen molar-refractivity contribution in [3.63, 3.8) is 0 Å². The van der Waals surface area contributed by atoms with E-state index in [1.807, 2.05) is 36.7 Å². The van der Waals surface area contributed by atoms with Crippen LogP contribution in [0.5, 0.6) is 11.6 Å². The first kappa shape index (κ1) is 9.84. The molecule has 0 saturated carbocycles. The number of aryl methyl sites for hydroxylation is 3. The third kappa shape index (κ3) is 2.04. The second-order valence-electron chi connectivity index (χ2n) is 3.73. The molecule has 0 fully saturated rings. The van der Waals surface area contributed by atoms with Gasteiger partial charge in [-0.3, -0.25) is 0 Å². The zero-order valence-corrected chi connectivity index (χ0v) is 9.24. The van der Waals surface area contributed by atoms with Crippen molar-refractivity contribution < 1.29 is 4.74 Å². The van der Waals surface area contributed by atoms with Crippen molar-refractivity contribution in [2.75, 3.05) is 0 Å². The summed E-state index contributed by atoms with van der Waals surface area (Å²) in [5.74, 6) is 1.72. The molecule has 2 rings (SSSR count). The van der Waals surface area contributed by atoms with Crippen LogP contribution in [0.15, 0.2) is 30.3 Å². The van der Waals surface area contributed by atoms with Gasteiger partial charge in [-0.05, 0) is 37.1 Å². The number of aromatic nitrogens is 1. The van der Waals surface area contributed by atoms with E-state index in [1.54, 1.807) is 0 Å². The largest absolute Gasteiger partial charge is 0.441 e. The molecule has 77 valence electrons. The summed E-state index contributed by atoms with van der Waals surface area (Å²) in [5, 5.41) is 0. The third-order valence-corrected chi connectivity index (χ3v) is 2.38. The lowest BCUT2D eigenvalue weighted by Gasteiger charge is -2.09. The van der Waals surface area contributed by atoms with Gasteiger partial charge in [-0.2, -0.15) is 0 Å². The Morgan fingerprint density at radius 2 is 2.00 bits per heavy atom. The van der Waals surface area contributed by atoms with E-state index in [0.717, 1.165) is 17.2 Å². The Hall–Kier alpha value is -1.70. The lowest BCUT2D eigenvalue weighted by molar-refractivity contribution is 0.439. The molecule has 0 atom stereocenters. The number of nitrogens with zero attached hydrogens (tertiary/aromatic N) is 1. The van der Waals surface area contributed by atoms with Crippen LogP contribution < -0.4 is 4.74 Å². The molecule has 0 unspecified atom stereocenters. The maximum atomic E-state index is 5.79. The average Bonchev–Trinajstić information content (AvgIpc) is 2.58. The monoisotopic (exact) mass is 200 g/mol. The van der Waals surface area contributed by atoms with E-state index in [1.165, 1.54) is 5.56 Å². The molecule has 0 saturated heterocycles. The number of hydrogen-bond donors (Lipinski definition) is 0. The molecule has 2 nitrogen and oxygen atoms in total. The molecule has 1 radical (unpaired) electrons. The van der Waals surface area contributed by atoms with Gasteiger partial charge in [-0.15, -0.1) is 0 Å². The highest BCUT2D eigenvalue weighted by Crippen LogP contribution is 2.25. The summed E-state index contributed by atoms with van der Waals surface area (Å²) in [7, 11) is 1.92. The first-order valence-electron chi connectivity index (χ1n) is 4.95. The van der Waals surface area contributed by atoms with Gasteiger partial charge >= 0.3 is 0 Å². The number of ether oxygens (including phenoxy) is 1. The summed E-state index contributed by atoms with van der Waals surface area (Å²) in [5.41, 5.74) is 2.34. The van der Waals surface area contributed by atoms with E-state index in [9.17, 15) is 0 Å². The molecular weight excluding hydrogens is 186 g/mol. The van der Waals surface area contributed by atoms with E-state index < -0.39 is 0 Å². The average molecular weight is 200 g/mol. The van der Waals surface area contributed by atoms with Gasteiger partial charge in [0.05, 0.1) is 6.20 Å². The zero-order valence-electron chi connectivity index (χ0n) is 9.24. The lowest BCUT2D eigenvalue weighted by Crippen LogP contribution is -1.94. The highest BCUT2D eigenvalue weighted by atomic mass is 16.5. The summed E-state index contributed by atoms with van der Waals surface area (Å²) in [6.07, 6.45) is 3.01. The molecule has 2 aromatic rings. The van der Waals surface area contributed by atoms with Crippen molar-refractivity contribution in [3.05, 3.63) is 47.7 Å². The maximum Gasteiger partial charge on any atom is 0.200 e. The van der Waals surface area contributed by atoms with Crippen molar-refractivity contribution in [2.24, 2.45) is 7.05 Å². The van der Waals surface area contributed by atoms with E-state index in [2.05, 4.69) is 25.3 Å². The first-order valence-corrected chi connectivity index (χ1v) is 4.95. The van der Waals surface area contributed by atoms with E-state index in [-0.39, 0.29) is 0 Å². The minimum atomic E-state index is 0.809. The summed E-state index contributed by atoms with van der Waals surface area (Å²) < 4.78 is 7.63. The molecule has 0 amide bonds. The summed E-state index contributed by atoms with van der Waals surface area (Å²) in [6.45, 7) is 4.10. The van der Waals surface area contributed by atoms with Crippen LogP contribution in [-0.2, 0) is 7.05 Å². The highest BCUT2D eigenvalue weighted by molar-refractivity contribution is 5.38. The fourth-order valence-electron chi connectivity index (χ4n) is 1.43. The summed E-state index contributed by atoms with van der Waals surface area (Å²) in [4.78, 5) is 0. The van der Waals surface area contributed by atoms with Gasteiger partial charge in [0.25, 0.3) is 0 Å². The van der Waals surface area contributed by atoms with Crippen LogP contribution in [0.1, 0.15) is 11.1 Å². The number of rotatable bonds is 2. The Bertz CT molecular complexity index is 471. The number of hydrogen-bond acceptors (Lipinski definition) is 1. The first-order chi connectivity index (χ1) is 7.16. The molecule has 0 N–H and O–H groups in total. The van der Waals surface area contributed by atoms with Crippen molar-refractivity contribution in [1.82, 2.24) is 4.57 Å². The van der Waals surface area contributed by atoms with Gasteiger partial charge < -0.3 is 9.30 Å². The standard InChI is InChI=1S/C13H14NO/c1-10-6-7-11(2)12(9-10)15-13-5-4-8-14(13)3/h4-7,9H,1-3H3. The van der Waals surface area contributed by atoms with Crippen LogP contribution in [0, 0.1) is 20.0 Å². The van der Waals surface area contributed by atoms with Gasteiger partial charge in [0.2, 0.25) is 0 Å². The third-order valence-electron chi connectivity index (χ3n) is 2.38. The molecule has 0 spiro atoms. The van der Waals surface area contributed by atoms with Crippen LogP contribution in [-0.4, -0.2) is 4.57 Å². The van der Waals surface area contributed by atoms with E-state index in [0.29, 0.717) is 0 Å². The maximum absolute atomic E-state index is 5.79. The fourth-order valence-corrected chi connectivity index (χ4v) is 1.43. The van der Waals surface area contributed by atoms with Crippen molar-refractivity contribution in [2.45, 2.75) is 13.8 Å². The molecule has 0 aliphatic heterocycles. The molecule has 0 aliphatic rings. The fraction of sp³-hybridized carbons (Fsp3) is 0.231. The van der Waals surface area contributed by atoms with Gasteiger partial charge in [-0.1, -0.05) is 12.1 Å². The summed E-state index contributed by atoms with van der Waals surface area (Å²) in [6, 6.07) is 9.95. The topological polar surface area (TPSA) is 14.2 Å². The van der Waals surface area contributed by atoms with Gasteiger partial charge in [0.15, 0.2) is 5.88 Å². The zero-order chi connectivity index (χ0) is 10.8. The van der Waals surface area contributed by atoms with Crippen LogP contribution >= 0.6 is 0 Å². The molecule has 0 bridgehead atoms. The minimum absolute atomic E-state index is 0.809. The Morgan fingerprint density at radius 3 is 2.67 bits per heavy atom. The Kier molecular flexibility index (Phi) is 2.50. The molecule has 15 heavy (non-hydrogen) atoms. The van der Waals surface area contributed by atoms with E-state index in [4.69, 9.17) is 4.74 Å². The summed E-state index contributed by atoms with van der Waals surface area (Å²) >= 11 is 0. The van der Waals surface area contributed by atoms with Gasteiger partial charge in [0, 0.05) is 13.1 Å². The van der Waals surface area contributed by atoms with Crippen molar-refractivity contribution >= 4 is 0 Å². The van der Waals surface area contributed by atoms with Crippen LogP contribution in [0.25, 0.3) is 0 Å². The lowest BCUT2D eigenvalue weighted by atomic mass is 10.1. The number of benzene rings is 1. The van der Waals surface area contributed by atoms with Crippen molar-refractivity contribution in [1.29, 1.82) is 0 Å². The quantitative estimate of drug-likeness (QED) is 0.726. The minimum Gasteiger partial charge on any atom is -0.441 e. The van der Waals surface area contributed by atoms with Gasteiger partial charge in [0.1, 0.15) is 5.75 Å². The molecule has 1 aromatic carbocycles. The second-order valence-corrected chi connectivity index (χ2v) is 3.73. The smallest absolute Gasteiger partial charge is 0.200 e. The normalized spacial score (nSPS) is 10.3.